The second-order valence-corrected chi connectivity index (χ2v) is 3.76. The van der Waals surface area contributed by atoms with E-state index in [1.54, 1.807) is 14.1 Å². The molecule has 0 radical (unpaired) electrons. The molecular weight excluding hydrogens is 208 g/mol. The van der Waals surface area contributed by atoms with Gasteiger partial charge in [0.25, 0.3) is 5.24 Å². The van der Waals surface area contributed by atoms with E-state index in [9.17, 15) is 4.79 Å². The van der Waals surface area contributed by atoms with Gasteiger partial charge in [0.05, 0.1) is 11.7 Å². The molecule has 0 saturated heterocycles. The van der Waals surface area contributed by atoms with Crippen molar-refractivity contribution < 1.29 is 4.79 Å². The zero-order valence-electron chi connectivity index (χ0n) is 7.01. The molecule has 0 fully saturated rings. The summed E-state index contributed by atoms with van der Waals surface area (Å²) in [6.07, 6.45) is 0. The quantitative estimate of drug-likeness (QED) is 0.656. The monoisotopic (exact) mass is 214 g/mol. The lowest BCUT2D eigenvalue weighted by Crippen LogP contribution is -2.16. The Balaban J connectivity index is 2.76. The normalized spacial score (nSPS) is 9.31. The number of hydrogen-bond acceptors (Lipinski definition) is 6. The highest BCUT2D eigenvalue weighted by molar-refractivity contribution is 8.13. The number of rotatable bonds is 1. The number of aromatic nitrogens is 2. The number of nitrogens with zero attached hydrogens (tertiary/aromatic N) is 4. The lowest BCUT2D eigenvalue weighted by molar-refractivity contribution is 0.241. The predicted molar refractivity (Wildman–Crippen MR) is 49.6 cm³/mol. The highest BCUT2D eigenvalue weighted by Gasteiger charge is 2.14. The Morgan fingerprint density at radius 2 is 2.31 bits per heavy atom. The number of hydrogen-bond donors (Lipinski definition) is 0. The summed E-state index contributed by atoms with van der Waals surface area (Å²) in [6.45, 7) is 0. The minimum Gasteiger partial charge on any atom is -0.339 e. The molecule has 1 aromatic rings. The van der Waals surface area contributed by atoms with Crippen LogP contribution in [-0.2, 0) is 0 Å². The summed E-state index contributed by atoms with van der Waals surface area (Å²) < 4.78 is 7.56. The molecule has 1 heterocycles. The van der Waals surface area contributed by atoms with E-state index in [-0.39, 0.29) is 10.9 Å². The molecule has 1 aromatic heterocycles. The Kier molecular flexibility index (Phi) is 3.22. The Morgan fingerprint density at radius 3 is 2.85 bits per heavy atom. The van der Waals surface area contributed by atoms with E-state index in [1.807, 2.05) is 6.07 Å². The van der Waals surface area contributed by atoms with E-state index in [2.05, 4.69) is 8.75 Å². The minimum atomic E-state index is -0.163. The molecule has 1 rings (SSSR count). The van der Waals surface area contributed by atoms with Gasteiger partial charge in [-0.25, -0.2) is 0 Å². The van der Waals surface area contributed by atoms with Crippen LogP contribution in [0.15, 0.2) is 5.03 Å². The van der Waals surface area contributed by atoms with E-state index in [4.69, 9.17) is 5.26 Å². The number of carbonyl (C=O) groups is 1. The molecule has 1 amide bonds. The van der Waals surface area contributed by atoms with Crippen molar-refractivity contribution in [2.75, 3.05) is 14.1 Å². The molecule has 0 aliphatic rings. The smallest absolute Gasteiger partial charge is 0.287 e. The summed E-state index contributed by atoms with van der Waals surface area (Å²) in [5.74, 6) is 0. The van der Waals surface area contributed by atoms with Crippen molar-refractivity contribution in [1.29, 1.82) is 5.26 Å². The Labute approximate surface area is 83.7 Å². The number of thioether (sulfide) groups is 1. The maximum Gasteiger partial charge on any atom is 0.287 e. The van der Waals surface area contributed by atoms with Gasteiger partial charge in [0.15, 0.2) is 10.7 Å². The van der Waals surface area contributed by atoms with E-state index in [0.717, 1.165) is 23.5 Å². The van der Waals surface area contributed by atoms with Crippen LogP contribution < -0.4 is 0 Å². The van der Waals surface area contributed by atoms with Crippen molar-refractivity contribution in [3.05, 3.63) is 5.69 Å². The zero-order chi connectivity index (χ0) is 9.84. The van der Waals surface area contributed by atoms with Crippen LogP contribution in [0.3, 0.4) is 0 Å². The molecule has 0 aliphatic heterocycles. The predicted octanol–water partition coefficient (Wildman–Crippen LogP) is 1.18. The maximum atomic E-state index is 11.2. The molecule has 0 saturated carbocycles. The summed E-state index contributed by atoms with van der Waals surface area (Å²) in [5.41, 5.74) is 0.213. The van der Waals surface area contributed by atoms with Crippen LogP contribution in [0.2, 0.25) is 0 Å². The third-order valence-electron chi connectivity index (χ3n) is 1.11. The van der Waals surface area contributed by atoms with Gasteiger partial charge in [-0.05, 0) is 11.8 Å². The first-order valence-electron chi connectivity index (χ1n) is 3.27. The number of amides is 1. The SMILES string of the molecule is CN(C)C(=O)Sc1nsnc1C#N. The highest BCUT2D eigenvalue weighted by Crippen LogP contribution is 2.21. The van der Waals surface area contributed by atoms with Crippen LogP contribution in [-0.4, -0.2) is 33.0 Å². The van der Waals surface area contributed by atoms with Gasteiger partial charge in [0.1, 0.15) is 6.07 Å². The summed E-state index contributed by atoms with van der Waals surface area (Å²) in [5, 5.41) is 8.79. The molecular formula is C6H6N4OS2. The summed E-state index contributed by atoms with van der Waals surface area (Å²) in [4.78, 5) is 12.6. The van der Waals surface area contributed by atoms with Gasteiger partial charge in [0, 0.05) is 14.1 Å². The van der Waals surface area contributed by atoms with Gasteiger partial charge in [-0.1, -0.05) is 0 Å². The molecule has 0 spiro atoms. The molecule has 68 valence electrons. The van der Waals surface area contributed by atoms with Crippen molar-refractivity contribution in [1.82, 2.24) is 13.6 Å². The first-order chi connectivity index (χ1) is 6.15. The van der Waals surface area contributed by atoms with Crippen LogP contribution in [0, 0.1) is 11.3 Å². The van der Waals surface area contributed by atoms with Crippen molar-refractivity contribution in [3.63, 3.8) is 0 Å². The van der Waals surface area contributed by atoms with Gasteiger partial charge < -0.3 is 4.90 Å². The second kappa shape index (κ2) is 4.20. The first-order valence-corrected chi connectivity index (χ1v) is 4.81. The van der Waals surface area contributed by atoms with Crippen molar-refractivity contribution in [2.24, 2.45) is 0 Å². The van der Waals surface area contributed by atoms with E-state index < -0.39 is 0 Å². The second-order valence-electron chi connectivity index (χ2n) is 2.29. The van der Waals surface area contributed by atoms with E-state index in [0.29, 0.717) is 5.03 Å². The van der Waals surface area contributed by atoms with Gasteiger partial charge in [-0.2, -0.15) is 14.0 Å². The number of carbonyl (C=O) groups excluding carboxylic acids is 1. The van der Waals surface area contributed by atoms with Crippen LogP contribution in [0.25, 0.3) is 0 Å². The standard InChI is InChI=1S/C6H6N4OS2/c1-10(2)6(11)12-5-4(3-7)8-13-9-5/h1-2H3. The Morgan fingerprint density at radius 1 is 1.62 bits per heavy atom. The fourth-order valence-corrected chi connectivity index (χ4v) is 1.74. The van der Waals surface area contributed by atoms with Gasteiger partial charge in [-0.15, -0.1) is 0 Å². The molecule has 0 N–H and O–H groups in total. The Hall–Kier alpha value is -1.13. The van der Waals surface area contributed by atoms with Crippen molar-refractivity contribution in [3.8, 4) is 6.07 Å². The zero-order valence-corrected chi connectivity index (χ0v) is 8.65. The first kappa shape index (κ1) is 9.95. The van der Waals surface area contributed by atoms with Crippen LogP contribution in [0.1, 0.15) is 5.69 Å². The van der Waals surface area contributed by atoms with E-state index in [1.165, 1.54) is 4.90 Å². The van der Waals surface area contributed by atoms with Gasteiger partial charge in [-0.3, -0.25) is 4.79 Å². The molecule has 5 nitrogen and oxygen atoms in total. The summed E-state index contributed by atoms with van der Waals surface area (Å²) in [7, 11) is 3.28. The molecule has 0 aromatic carbocycles. The van der Waals surface area contributed by atoms with Gasteiger partial charge in [0.2, 0.25) is 0 Å². The molecule has 0 aliphatic carbocycles. The molecule has 0 atom stereocenters. The topological polar surface area (TPSA) is 69.9 Å². The third-order valence-corrected chi connectivity index (χ3v) is 2.78. The van der Waals surface area contributed by atoms with Crippen molar-refractivity contribution in [2.45, 2.75) is 5.03 Å². The van der Waals surface area contributed by atoms with Crippen LogP contribution in [0.4, 0.5) is 4.79 Å². The fraction of sp³-hybridized carbons (Fsp3) is 0.333. The largest absolute Gasteiger partial charge is 0.339 e. The maximum absolute atomic E-state index is 11.2. The average molecular weight is 214 g/mol. The van der Waals surface area contributed by atoms with E-state index >= 15 is 0 Å². The van der Waals surface area contributed by atoms with Crippen molar-refractivity contribution >= 4 is 28.7 Å². The fourth-order valence-electron chi connectivity index (χ4n) is 0.490. The molecule has 13 heavy (non-hydrogen) atoms. The summed E-state index contributed by atoms with van der Waals surface area (Å²) >= 11 is 1.84. The lowest BCUT2D eigenvalue weighted by Gasteiger charge is -2.06. The third kappa shape index (κ3) is 2.40. The lowest BCUT2D eigenvalue weighted by atomic mass is 10.5. The minimum absolute atomic E-state index is 0.163. The van der Waals surface area contributed by atoms with Crippen LogP contribution >= 0.6 is 23.5 Å². The summed E-state index contributed by atoms with van der Waals surface area (Å²) in [6, 6.07) is 1.87. The van der Waals surface area contributed by atoms with Gasteiger partial charge >= 0.3 is 0 Å². The number of nitriles is 1. The molecule has 0 bridgehead atoms. The molecule has 0 unspecified atom stereocenters. The Bertz CT molecular complexity index is 354. The highest BCUT2D eigenvalue weighted by atomic mass is 32.2. The average Bonchev–Trinajstić information content (AvgIpc) is 2.51. The molecule has 7 heteroatoms. The van der Waals surface area contributed by atoms with Crippen LogP contribution in [0.5, 0.6) is 0 Å².